The van der Waals surface area contributed by atoms with Crippen molar-refractivity contribution in [2.45, 2.75) is 31.7 Å². The summed E-state index contributed by atoms with van der Waals surface area (Å²) < 4.78 is 0. The summed E-state index contributed by atoms with van der Waals surface area (Å²) in [4.78, 5) is 11.6. The summed E-state index contributed by atoms with van der Waals surface area (Å²) in [5, 5.41) is 0. The smallest absolute Gasteiger partial charge is 0.145 e. The lowest BCUT2D eigenvalue weighted by molar-refractivity contribution is 0.714. The molecule has 0 atom stereocenters. The SMILES string of the molecule is NNc1cc(N2CCc3ccccc3C2)nc(C2CC2)n1. The molecule has 1 aliphatic heterocycles. The third kappa shape index (κ3) is 2.45. The summed E-state index contributed by atoms with van der Waals surface area (Å²) >= 11 is 0. The van der Waals surface area contributed by atoms with Gasteiger partial charge in [0.1, 0.15) is 17.5 Å². The Morgan fingerprint density at radius 3 is 2.71 bits per heavy atom. The van der Waals surface area contributed by atoms with Crippen LogP contribution in [0.15, 0.2) is 30.3 Å². The summed E-state index contributed by atoms with van der Waals surface area (Å²) in [5.41, 5.74) is 5.50. The Balaban J connectivity index is 1.66. The van der Waals surface area contributed by atoms with Gasteiger partial charge in [-0.05, 0) is 30.4 Å². The Hall–Kier alpha value is -2.14. The van der Waals surface area contributed by atoms with E-state index in [1.807, 2.05) is 6.07 Å². The van der Waals surface area contributed by atoms with Crippen LogP contribution in [0.25, 0.3) is 0 Å². The van der Waals surface area contributed by atoms with E-state index in [9.17, 15) is 0 Å². The molecule has 0 amide bonds. The summed E-state index contributed by atoms with van der Waals surface area (Å²) in [6.45, 7) is 1.89. The zero-order chi connectivity index (χ0) is 14.2. The van der Waals surface area contributed by atoms with Gasteiger partial charge in [-0.2, -0.15) is 0 Å². The molecule has 0 radical (unpaired) electrons. The summed E-state index contributed by atoms with van der Waals surface area (Å²) in [7, 11) is 0. The van der Waals surface area contributed by atoms with Crippen molar-refractivity contribution >= 4 is 11.6 Å². The summed E-state index contributed by atoms with van der Waals surface area (Å²) in [6.07, 6.45) is 3.44. The maximum atomic E-state index is 5.56. The lowest BCUT2D eigenvalue weighted by Gasteiger charge is -2.30. The predicted octanol–water partition coefficient (Wildman–Crippen LogP) is 2.20. The van der Waals surface area contributed by atoms with Gasteiger partial charge in [-0.25, -0.2) is 15.8 Å². The standard InChI is InChI=1S/C16H19N5/c17-20-14-9-15(19-16(18-14)12-5-6-12)21-8-7-11-3-1-2-4-13(11)10-21/h1-4,9,12H,5-8,10,17H2,(H,18,19,20). The van der Waals surface area contributed by atoms with E-state index in [1.54, 1.807) is 0 Å². The van der Waals surface area contributed by atoms with E-state index in [4.69, 9.17) is 10.8 Å². The molecule has 5 heteroatoms. The van der Waals surface area contributed by atoms with E-state index in [-0.39, 0.29) is 0 Å². The molecule has 2 aromatic rings. The van der Waals surface area contributed by atoms with Gasteiger partial charge < -0.3 is 10.3 Å². The van der Waals surface area contributed by atoms with Crippen LogP contribution < -0.4 is 16.2 Å². The van der Waals surface area contributed by atoms with Gasteiger partial charge in [-0.15, -0.1) is 0 Å². The monoisotopic (exact) mass is 281 g/mol. The average molecular weight is 281 g/mol. The van der Waals surface area contributed by atoms with Crippen molar-refractivity contribution in [2.24, 2.45) is 5.84 Å². The first-order chi connectivity index (χ1) is 10.3. The van der Waals surface area contributed by atoms with Gasteiger partial charge in [0.25, 0.3) is 0 Å². The minimum atomic E-state index is 0.522. The highest BCUT2D eigenvalue weighted by atomic mass is 15.3. The van der Waals surface area contributed by atoms with Crippen molar-refractivity contribution < 1.29 is 0 Å². The quantitative estimate of drug-likeness (QED) is 0.667. The lowest BCUT2D eigenvalue weighted by atomic mass is 10.00. The molecule has 4 rings (SSSR count). The number of aromatic nitrogens is 2. The highest BCUT2D eigenvalue weighted by Crippen LogP contribution is 2.39. The molecule has 108 valence electrons. The molecular formula is C16H19N5. The molecule has 0 saturated heterocycles. The number of hydrogen-bond donors (Lipinski definition) is 2. The van der Waals surface area contributed by atoms with E-state index < -0.39 is 0 Å². The van der Waals surface area contributed by atoms with Crippen LogP contribution in [-0.4, -0.2) is 16.5 Å². The molecule has 1 saturated carbocycles. The van der Waals surface area contributed by atoms with Crippen LogP contribution in [0.3, 0.4) is 0 Å². The third-order valence-electron chi connectivity index (χ3n) is 4.27. The number of hydrazine groups is 1. The maximum Gasteiger partial charge on any atom is 0.145 e. The number of anilines is 2. The molecule has 21 heavy (non-hydrogen) atoms. The van der Waals surface area contributed by atoms with E-state index in [0.29, 0.717) is 11.7 Å². The van der Waals surface area contributed by atoms with Crippen LogP contribution in [0.4, 0.5) is 11.6 Å². The molecule has 1 aromatic heterocycles. The van der Waals surface area contributed by atoms with E-state index in [1.165, 1.54) is 24.0 Å². The van der Waals surface area contributed by atoms with Gasteiger partial charge in [-0.1, -0.05) is 24.3 Å². The van der Waals surface area contributed by atoms with E-state index in [0.717, 1.165) is 31.2 Å². The number of rotatable bonds is 3. The number of fused-ring (bicyclic) bond motifs is 1. The fraction of sp³-hybridized carbons (Fsp3) is 0.375. The topological polar surface area (TPSA) is 67.1 Å². The normalized spacial score (nSPS) is 17.5. The highest BCUT2D eigenvalue weighted by molar-refractivity contribution is 5.51. The fourth-order valence-electron chi connectivity index (χ4n) is 2.90. The molecule has 0 spiro atoms. The summed E-state index contributed by atoms with van der Waals surface area (Å²) in [6, 6.07) is 10.6. The van der Waals surface area contributed by atoms with Crippen molar-refractivity contribution in [3.8, 4) is 0 Å². The fourth-order valence-corrected chi connectivity index (χ4v) is 2.90. The Bertz CT molecular complexity index is 665. The van der Waals surface area contributed by atoms with Crippen LogP contribution in [0.2, 0.25) is 0 Å². The highest BCUT2D eigenvalue weighted by Gasteiger charge is 2.28. The second kappa shape index (κ2) is 5.00. The Morgan fingerprint density at radius 1 is 1.14 bits per heavy atom. The molecule has 2 heterocycles. The van der Waals surface area contributed by atoms with Crippen LogP contribution >= 0.6 is 0 Å². The van der Waals surface area contributed by atoms with Crippen LogP contribution in [-0.2, 0) is 13.0 Å². The van der Waals surface area contributed by atoms with Gasteiger partial charge in [0, 0.05) is 25.1 Å². The molecule has 0 unspecified atom stereocenters. The number of nitrogen functional groups attached to an aromatic ring is 1. The van der Waals surface area contributed by atoms with Crippen LogP contribution in [0.1, 0.15) is 35.7 Å². The van der Waals surface area contributed by atoms with Crippen molar-refractivity contribution in [2.75, 3.05) is 16.9 Å². The first kappa shape index (κ1) is 12.6. The lowest BCUT2D eigenvalue weighted by Crippen LogP contribution is -2.31. The molecule has 2 aliphatic rings. The van der Waals surface area contributed by atoms with Crippen molar-refractivity contribution in [3.63, 3.8) is 0 Å². The third-order valence-corrected chi connectivity index (χ3v) is 4.27. The molecule has 3 N–H and O–H groups in total. The molecular weight excluding hydrogens is 262 g/mol. The average Bonchev–Trinajstić information content (AvgIpc) is 3.39. The minimum absolute atomic E-state index is 0.522. The van der Waals surface area contributed by atoms with Crippen molar-refractivity contribution in [3.05, 3.63) is 47.3 Å². The Morgan fingerprint density at radius 2 is 1.95 bits per heavy atom. The number of nitrogens with two attached hydrogens (primary N) is 1. The van der Waals surface area contributed by atoms with Crippen molar-refractivity contribution in [1.82, 2.24) is 9.97 Å². The van der Waals surface area contributed by atoms with E-state index >= 15 is 0 Å². The van der Waals surface area contributed by atoms with Gasteiger partial charge in [0.15, 0.2) is 0 Å². The van der Waals surface area contributed by atoms with E-state index in [2.05, 4.69) is 39.6 Å². The largest absolute Gasteiger partial charge is 0.352 e. The number of hydrogen-bond acceptors (Lipinski definition) is 5. The number of nitrogens with one attached hydrogen (secondary N) is 1. The van der Waals surface area contributed by atoms with Gasteiger partial charge in [-0.3, -0.25) is 0 Å². The second-order valence-electron chi connectivity index (χ2n) is 5.83. The molecule has 5 nitrogen and oxygen atoms in total. The second-order valence-corrected chi connectivity index (χ2v) is 5.83. The van der Waals surface area contributed by atoms with Gasteiger partial charge >= 0.3 is 0 Å². The Kier molecular flexibility index (Phi) is 3.00. The Labute approximate surface area is 124 Å². The minimum Gasteiger partial charge on any atom is -0.352 e. The van der Waals surface area contributed by atoms with Gasteiger partial charge in [0.2, 0.25) is 0 Å². The first-order valence-corrected chi connectivity index (χ1v) is 7.51. The molecule has 1 fully saturated rings. The molecule has 1 aliphatic carbocycles. The van der Waals surface area contributed by atoms with Crippen LogP contribution in [0.5, 0.6) is 0 Å². The zero-order valence-corrected chi connectivity index (χ0v) is 11.9. The zero-order valence-electron chi connectivity index (χ0n) is 11.9. The number of nitrogens with zero attached hydrogens (tertiary/aromatic N) is 3. The van der Waals surface area contributed by atoms with Crippen LogP contribution in [0, 0.1) is 0 Å². The summed E-state index contributed by atoms with van der Waals surface area (Å²) in [5.74, 6) is 8.70. The predicted molar refractivity (Wildman–Crippen MR) is 83.0 cm³/mol. The van der Waals surface area contributed by atoms with Gasteiger partial charge in [0.05, 0.1) is 0 Å². The maximum absolute atomic E-state index is 5.56. The number of benzene rings is 1. The molecule has 0 bridgehead atoms. The van der Waals surface area contributed by atoms with Crippen molar-refractivity contribution in [1.29, 1.82) is 0 Å². The first-order valence-electron chi connectivity index (χ1n) is 7.51. The molecule has 1 aromatic carbocycles.